The number of hydrogen-bond acceptors (Lipinski definition) is 5. The van der Waals surface area contributed by atoms with E-state index in [0.717, 1.165) is 25.1 Å². The number of benzene rings is 1. The molecule has 2 bridgehead atoms. The van der Waals surface area contributed by atoms with Crippen LogP contribution in [0.1, 0.15) is 56.0 Å². The summed E-state index contributed by atoms with van der Waals surface area (Å²) in [5.41, 5.74) is 1.71. The number of piperazine rings is 1. The van der Waals surface area contributed by atoms with Crippen LogP contribution in [0.3, 0.4) is 0 Å². The van der Waals surface area contributed by atoms with Crippen molar-refractivity contribution in [2.24, 2.45) is 0 Å². The van der Waals surface area contributed by atoms with Gasteiger partial charge in [-0.05, 0) is 51.3 Å². The van der Waals surface area contributed by atoms with Crippen LogP contribution in [0.5, 0.6) is 0 Å². The predicted octanol–water partition coefficient (Wildman–Crippen LogP) is 1.65. The largest absolute Gasteiger partial charge is 0.363 e. The Morgan fingerprint density at radius 2 is 1.83 bits per heavy atom. The topological polar surface area (TPSA) is 73.0 Å². The van der Waals surface area contributed by atoms with Gasteiger partial charge in [0.1, 0.15) is 11.9 Å². The highest BCUT2D eigenvalue weighted by atomic mass is 19.1. The minimum atomic E-state index is -0.683. The summed E-state index contributed by atoms with van der Waals surface area (Å²) in [5.74, 6) is -1.50. The third kappa shape index (κ3) is 2.92. The number of halogens is 1. The van der Waals surface area contributed by atoms with Crippen LogP contribution >= 0.6 is 0 Å². The van der Waals surface area contributed by atoms with Gasteiger partial charge in [-0.3, -0.25) is 24.6 Å². The lowest BCUT2D eigenvalue weighted by molar-refractivity contribution is -0.136. The molecule has 4 heterocycles. The summed E-state index contributed by atoms with van der Waals surface area (Å²) in [7, 11) is 0. The smallest absolute Gasteiger partial charge is 0.255 e. The van der Waals surface area contributed by atoms with Gasteiger partial charge in [0.2, 0.25) is 11.8 Å². The molecule has 8 heteroatoms. The maximum absolute atomic E-state index is 15.1. The zero-order chi connectivity index (χ0) is 21.4. The SMILES string of the molecule is CC(C)(C)N1CC2CC1CN2c1cc2c(cc1F)C(=O)N([C@H]1CCC(=O)NC1=O)C2. The van der Waals surface area contributed by atoms with Crippen molar-refractivity contribution in [2.75, 3.05) is 18.0 Å². The van der Waals surface area contributed by atoms with Gasteiger partial charge in [-0.15, -0.1) is 0 Å². The Morgan fingerprint density at radius 3 is 2.47 bits per heavy atom. The summed E-state index contributed by atoms with van der Waals surface area (Å²) in [6.07, 6.45) is 1.53. The Kier molecular flexibility index (Phi) is 4.23. The van der Waals surface area contributed by atoms with E-state index in [9.17, 15) is 14.4 Å². The third-order valence-corrected chi connectivity index (χ3v) is 7.00. The Balaban J connectivity index is 1.38. The zero-order valence-electron chi connectivity index (χ0n) is 17.6. The van der Waals surface area contributed by atoms with Crippen molar-refractivity contribution in [3.05, 3.63) is 29.1 Å². The molecule has 30 heavy (non-hydrogen) atoms. The second kappa shape index (κ2) is 6.51. The van der Waals surface area contributed by atoms with E-state index >= 15 is 4.39 Å². The van der Waals surface area contributed by atoms with Crippen molar-refractivity contribution < 1.29 is 18.8 Å². The second-order valence-electron chi connectivity index (χ2n) is 9.88. The number of rotatable bonds is 2. The van der Waals surface area contributed by atoms with E-state index in [4.69, 9.17) is 0 Å². The van der Waals surface area contributed by atoms with Gasteiger partial charge in [-0.2, -0.15) is 0 Å². The lowest BCUT2D eigenvalue weighted by Crippen LogP contribution is -2.53. The molecule has 3 fully saturated rings. The van der Waals surface area contributed by atoms with Crippen LogP contribution in [0, 0.1) is 5.82 Å². The number of nitrogens with zero attached hydrogens (tertiary/aromatic N) is 3. The fraction of sp³-hybridized carbons (Fsp3) is 0.591. The normalized spacial score (nSPS) is 29.1. The molecule has 5 rings (SSSR count). The first-order valence-corrected chi connectivity index (χ1v) is 10.6. The van der Waals surface area contributed by atoms with Crippen molar-refractivity contribution in [2.45, 2.75) is 70.2 Å². The molecule has 1 N–H and O–H groups in total. The molecular formula is C22H27FN4O3. The predicted molar refractivity (Wildman–Crippen MR) is 108 cm³/mol. The highest BCUT2D eigenvalue weighted by Gasteiger charge is 2.48. The molecule has 0 aromatic heterocycles. The Labute approximate surface area is 175 Å². The standard InChI is InChI=1S/C22H27FN4O3/c1-22(2,3)27-11-13-7-14(27)10-25(13)18-6-12-9-26(21(30)15(12)8-16(18)23)17-4-5-19(28)24-20(17)29/h6,8,13-14,17H,4-5,7,9-11H2,1-3H3,(H,24,28,29)/t13?,14?,17-/m0/s1. The van der Waals surface area contributed by atoms with Crippen LogP contribution in [0.2, 0.25) is 0 Å². The molecule has 0 saturated carbocycles. The zero-order valence-corrected chi connectivity index (χ0v) is 17.6. The van der Waals surface area contributed by atoms with Gasteiger partial charge in [0.15, 0.2) is 0 Å². The number of piperidine rings is 1. The Bertz CT molecular complexity index is 956. The molecule has 4 aliphatic rings. The van der Waals surface area contributed by atoms with E-state index in [0.29, 0.717) is 23.7 Å². The Morgan fingerprint density at radius 1 is 1.07 bits per heavy atom. The van der Waals surface area contributed by atoms with Gasteiger partial charge < -0.3 is 9.80 Å². The number of nitrogens with one attached hydrogen (secondary N) is 1. The van der Waals surface area contributed by atoms with Gasteiger partial charge >= 0.3 is 0 Å². The number of amides is 3. The maximum Gasteiger partial charge on any atom is 0.255 e. The number of carbonyl (C=O) groups is 3. The van der Waals surface area contributed by atoms with Crippen LogP contribution < -0.4 is 10.2 Å². The first kappa shape index (κ1) is 19.5. The number of fused-ring (bicyclic) bond motifs is 3. The first-order chi connectivity index (χ1) is 14.1. The van der Waals surface area contributed by atoms with Gasteiger partial charge in [0, 0.05) is 49.2 Å². The van der Waals surface area contributed by atoms with Crippen molar-refractivity contribution in [3.63, 3.8) is 0 Å². The van der Waals surface area contributed by atoms with E-state index < -0.39 is 11.9 Å². The second-order valence-corrected chi connectivity index (χ2v) is 9.88. The number of imide groups is 1. The molecule has 1 aromatic rings. The van der Waals surface area contributed by atoms with E-state index in [-0.39, 0.29) is 42.2 Å². The molecule has 1 aromatic carbocycles. The number of anilines is 1. The van der Waals surface area contributed by atoms with Crippen molar-refractivity contribution >= 4 is 23.4 Å². The minimum Gasteiger partial charge on any atom is -0.363 e. The molecule has 3 saturated heterocycles. The number of carbonyl (C=O) groups excluding carboxylic acids is 3. The van der Waals surface area contributed by atoms with Crippen LogP contribution in [-0.2, 0) is 16.1 Å². The molecule has 3 amide bonds. The first-order valence-electron chi connectivity index (χ1n) is 10.6. The molecule has 2 unspecified atom stereocenters. The fourth-order valence-electron chi connectivity index (χ4n) is 5.58. The van der Waals surface area contributed by atoms with Crippen molar-refractivity contribution in [1.29, 1.82) is 0 Å². The third-order valence-electron chi connectivity index (χ3n) is 7.00. The highest BCUT2D eigenvalue weighted by Crippen LogP contribution is 2.41. The van der Waals surface area contributed by atoms with E-state index in [1.165, 1.54) is 11.0 Å². The maximum atomic E-state index is 15.1. The van der Waals surface area contributed by atoms with E-state index in [1.54, 1.807) is 6.07 Å². The summed E-state index contributed by atoms with van der Waals surface area (Å²) >= 11 is 0. The van der Waals surface area contributed by atoms with Crippen molar-refractivity contribution in [3.8, 4) is 0 Å². The van der Waals surface area contributed by atoms with Gasteiger partial charge in [0.05, 0.1) is 5.69 Å². The summed E-state index contributed by atoms with van der Waals surface area (Å²) in [5, 5.41) is 2.30. The minimum absolute atomic E-state index is 0.0941. The molecule has 3 atom stereocenters. The van der Waals surface area contributed by atoms with Gasteiger partial charge in [0.25, 0.3) is 5.91 Å². The molecule has 0 aliphatic carbocycles. The molecule has 160 valence electrons. The monoisotopic (exact) mass is 414 g/mol. The summed E-state index contributed by atoms with van der Waals surface area (Å²) in [6.45, 7) is 8.59. The van der Waals surface area contributed by atoms with Crippen LogP contribution in [0.15, 0.2) is 12.1 Å². The average molecular weight is 414 g/mol. The molecular weight excluding hydrogens is 387 g/mol. The summed E-state index contributed by atoms with van der Waals surface area (Å²) < 4.78 is 15.1. The quantitative estimate of drug-likeness (QED) is 0.745. The Hall–Kier alpha value is -2.48. The molecule has 4 aliphatic heterocycles. The van der Waals surface area contributed by atoms with Crippen molar-refractivity contribution in [1.82, 2.24) is 15.1 Å². The molecule has 7 nitrogen and oxygen atoms in total. The fourth-order valence-corrected chi connectivity index (χ4v) is 5.58. The molecule has 0 radical (unpaired) electrons. The van der Waals surface area contributed by atoms with Crippen LogP contribution in [-0.4, -0.2) is 64.3 Å². The van der Waals surface area contributed by atoms with Gasteiger partial charge in [-0.25, -0.2) is 4.39 Å². The van der Waals surface area contributed by atoms with E-state index in [1.807, 2.05) is 0 Å². The number of likely N-dealkylation sites (tertiary alicyclic amines) is 1. The van der Waals surface area contributed by atoms with Gasteiger partial charge in [-0.1, -0.05) is 0 Å². The average Bonchev–Trinajstić information content (AvgIpc) is 3.34. The van der Waals surface area contributed by atoms with Crippen LogP contribution in [0.4, 0.5) is 10.1 Å². The number of hydrogen-bond donors (Lipinski definition) is 1. The van der Waals surface area contributed by atoms with Crippen LogP contribution in [0.25, 0.3) is 0 Å². The van der Waals surface area contributed by atoms with E-state index in [2.05, 4.69) is 35.9 Å². The lowest BCUT2D eigenvalue weighted by Gasteiger charge is -2.42. The lowest BCUT2D eigenvalue weighted by atomic mass is 10.0. The molecule has 0 spiro atoms. The summed E-state index contributed by atoms with van der Waals surface area (Å²) in [6, 6.07) is 3.11. The highest BCUT2D eigenvalue weighted by molar-refractivity contribution is 6.05. The summed E-state index contributed by atoms with van der Waals surface area (Å²) in [4.78, 5) is 42.6.